The van der Waals surface area contributed by atoms with Gasteiger partial charge in [0, 0.05) is 25.5 Å². The summed E-state index contributed by atoms with van der Waals surface area (Å²) < 4.78 is 9.76. The van der Waals surface area contributed by atoms with E-state index in [9.17, 15) is 9.59 Å². The highest BCUT2D eigenvalue weighted by Gasteiger charge is 2.26. The highest BCUT2D eigenvalue weighted by Crippen LogP contribution is 2.17. The van der Waals surface area contributed by atoms with Gasteiger partial charge in [0.15, 0.2) is 0 Å². The molecule has 1 amide bonds. The van der Waals surface area contributed by atoms with Gasteiger partial charge in [-0.2, -0.15) is 0 Å². The first-order chi connectivity index (χ1) is 9.15. The van der Waals surface area contributed by atoms with Crippen molar-refractivity contribution in [3.8, 4) is 0 Å². The summed E-state index contributed by atoms with van der Waals surface area (Å²) in [7, 11) is 1.36. The number of hydrogen-bond acceptors (Lipinski definition) is 6. The lowest BCUT2D eigenvalue weighted by Gasteiger charge is -2.26. The number of methoxy groups -OCH3 is 1. The minimum absolute atomic E-state index is 0. The zero-order valence-corrected chi connectivity index (χ0v) is 13.3. The normalized spacial score (nSPS) is 16.9. The first-order valence-electron chi connectivity index (χ1n) is 6.40. The third-order valence-corrected chi connectivity index (χ3v) is 4.00. The lowest BCUT2D eigenvalue weighted by Crippen LogP contribution is -2.47. The molecule has 20 heavy (non-hydrogen) atoms. The molecule has 0 saturated carbocycles. The number of nitrogens with one attached hydrogen (secondary N) is 1. The fourth-order valence-electron chi connectivity index (χ4n) is 1.87. The largest absolute Gasteiger partial charge is 0.468 e. The molecular formula is C12H23ClN2O4S. The smallest absolute Gasteiger partial charge is 0.315 e. The fourth-order valence-corrected chi connectivity index (χ4v) is 2.54. The van der Waals surface area contributed by atoms with Crippen LogP contribution in [0, 0.1) is 5.92 Å². The molecule has 1 aliphatic heterocycles. The zero-order valence-electron chi connectivity index (χ0n) is 11.6. The number of halogens is 1. The predicted molar refractivity (Wildman–Crippen MR) is 81.1 cm³/mol. The van der Waals surface area contributed by atoms with Crippen molar-refractivity contribution >= 4 is 36.0 Å². The van der Waals surface area contributed by atoms with Gasteiger partial charge in [-0.1, -0.05) is 0 Å². The maximum Gasteiger partial charge on any atom is 0.315 e. The lowest BCUT2D eigenvalue weighted by molar-refractivity contribution is -0.137. The van der Waals surface area contributed by atoms with Gasteiger partial charge in [0.2, 0.25) is 5.91 Å². The molecule has 0 aliphatic carbocycles. The van der Waals surface area contributed by atoms with Crippen LogP contribution in [0.2, 0.25) is 0 Å². The van der Waals surface area contributed by atoms with Gasteiger partial charge < -0.3 is 20.5 Å². The molecule has 1 atom stereocenters. The highest BCUT2D eigenvalue weighted by molar-refractivity contribution is 7.99. The Morgan fingerprint density at radius 3 is 2.70 bits per heavy atom. The molecule has 0 bridgehead atoms. The standard InChI is InChI=1S/C12H22N2O4S.ClH/c1-17-10(15)8-19-7-4-14-12(16)11(13)9-2-5-18-6-3-9;/h9,11H,2-8,13H2,1H3,(H,14,16);1H. The Labute approximate surface area is 129 Å². The summed E-state index contributed by atoms with van der Waals surface area (Å²) in [5, 5.41) is 2.79. The number of carbonyl (C=O) groups is 2. The molecule has 1 unspecified atom stereocenters. The first-order valence-corrected chi connectivity index (χ1v) is 7.56. The van der Waals surface area contributed by atoms with E-state index in [4.69, 9.17) is 10.5 Å². The summed E-state index contributed by atoms with van der Waals surface area (Å²) >= 11 is 1.43. The van der Waals surface area contributed by atoms with Crippen molar-refractivity contribution in [1.29, 1.82) is 0 Å². The van der Waals surface area contributed by atoms with Crippen LogP contribution in [0.3, 0.4) is 0 Å². The Morgan fingerprint density at radius 2 is 2.10 bits per heavy atom. The molecule has 1 saturated heterocycles. The van der Waals surface area contributed by atoms with E-state index in [1.807, 2.05) is 0 Å². The molecule has 8 heteroatoms. The Bertz CT molecular complexity index is 301. The molecule has 0 radical (unpaired) electrons. The van der Waals surface area contributed by atoms with Crippen molar-refractivity contribution in [1.82, 2.24) is 5.32 Å². The van der Waals surface area contributed by atoms with Crippen molar-refractivity contribution in [3.05, 3.63) is 0 Å². The molecule has 6 nitrogen and oxygen atoms in total. The van der Waals surface area contributed by atoms with Crippen molar-refractivity contribution in [3.63, 3.8) is 0 Å². The number of hydrogen-bond donors (Lipinski definition) is 2. The second-order valence-electron chi connectivity index (χ2n) is 4.40. The van der Waals surface area contributed by atoms with Gasteiger partial charge >= 0.3 is 5.97 Å². The number of nitrogens with two attached hydrogens (primary N) is 1. The molecule has 0 spiro atoms. The van der Waals surface area contributed by atoms with E-state index < -0.39 is 6.04 Å². The summed E-state index contributed by atoms with van der Waals surface area (Å²) in [5.74, 6) is 0.803. The summed E-state index contributed by atoms with van der Waals surface area (Å²) in [6, 6.07) is -0.463. The summed E-state index contributed by atoms with van der Waals surface area (Å²) in [6.45, 7) is 1.87. The SMILES string of the molecule is COC(=O)CSCCNC(=O)C(N)C1CCOCC1.Cl. The molecule has 1 heterocycles. The Hall–Kier alpha value is -0.500. The third-order valence-electron chi connectivity index (χ3n) is 3.07. The molecule has 1 rings (SSSR count). The minimum Gasteiger partial charge on any atom is -0.468 e. The van der Waals surface area contributed by atoms with Gasteiger partial charge in [0.1, 0.15) is 0 Å². The highest BCUT2D eigenvalue weighted by atomic mass is 35.5. The molecule has 0 aromatic heterocycles. The average Bonchev–Trinajstić information content (AvgIpc) is 2.46. The van der Waals surface area contributed by atoms with Crippen LogP contribution in [-0.4, -0.2) is 56.3 Å². The van der Waals surface area contributed by atoms with Gasteiger partial charge in [-0.15, -0.1) is 24.2 Å². The molecule has 1 fully saturated rings. The van der Waals surface area contributed by atoms with E-state index in [0.717, 1.165) is 12.8 Å². The lowest BCUT2D eigenvalue weighted by atomic mass is 9.92. The van der Waals surface area contributed by atoms with Crippen LogP contribution in [0.4, 0.5) is 0 Å². The monoisotopic (exact) mass is 326 g/mol. The molecule has 118 valence electrons. The van der Waals surface area contributed by atoms with Gasteiger partial charge in [0.25, 0.3) is 0 Å². The number of carbonyl (C=O) groups excluding carboxylic acids is 2. The van der Waals surface area contributed by atoms with Crippen molar-refractivity contribution < 1.29 is 19.1 Å². The topological polar surface area (TPSA) is 90.7 Å². The summed E-state index contributed by atoms with van der Waals surface area (Å²) in [5.41, 5.74) is 5.93. The molecule has 3 N–H and O–H groups in total. The molecule has 1 aliphatic rings. The van der Waals surface area contributed by atoms with Crippen LogP contribution in [0.5, 0.6) is 0 Å². The molecule has 0 aromatic carbocycles. The molecular weight excluding hydrogens is 304 g/mol. The van der Waals surface area contributed by atoms with Gasteiger partial charge in [-0.3, -0.25) is 9.59 Å². The molecule has 0 aromatic rings. The average molecular weight is 327 g/mol. The van der Waals surface area contributed by atoms with Gasteiger partial charge in [0.05, 0.1) is 18.9 Å². The Balaban J connectivity index is 0.00000361. The number of esters is 1. The van der Waals surface area contributed by atoms with Gasteiger partial charge in [-0.25, -0.2) is 0 Å². The van der Waals surface area contributed by atoms with Crippen LogP contribution in [0.25, 0.3) is 0 Å². The first kappa shape index (κ1) is 19.5. The Morgan fingerprint density at radius 1 is 1.45 bits per heavy atom. The number of thioether (sulfide) groups is 1. The predicted octanol–water partition coefficient (Wildman–Crippen LogP) is 0.185. The van der Waals surface area contributed by atoms with Crippen molar-refractivity contribution in [2.75, 3.05) is 38.4 Å². The van der Waals surface area contributed by atoms with Crippen LogP contribution in [-0.2, 0) is 19.1 Å². The number of rotatable bonds is 7. The van der Waals surface area contributed by atoms with Crippen molar-refractivity contribution in [2.45, 2.75) is 18.9 Å². The zero-order chi connectivity index (χ0) is 14.1. The van der Waals surface area contributed by atoms with E-state index in [0.29, 0.717) is 31.3 Å². The number of ether oxygens (including phenoxy) is 2. The number of amides is 1. The summed E-state index contributed by atoms with van der Waals surface area (Å²) in [4.78, 5) is 22.7. The minimum atomic E-state index is -0.463. The Kier molecular flexibility index (Phi) is 10.9. The third kappa shape index (κ3) is 7.33. The quantitative estimate of drug-likeness (QED) is 0.512. The van der Waals surface area contributed by atoms with Gasteiger partial charge in [-0.05, 0) is 18.8 Å². The van der Waals surface area contributed by atoms with E-state index in [-0.39, 0.29) is 30.2 Å². The summed E-state index contributed by atoms with van der Waals surface area (Å²) in [6.07, 6.45) is 1.68. The van der Waals surface area contributed by atoms with E-state index >= 15 is 0 Å². The van der Waals surface area contributed by atoms with Crippen molar-refractivity contribution in [2.24, 2.45) is 11.7 Å². The fraction of sp³-hybridized carbons (Fsp3) is 0.833. The second-order valence-corrected chi connectivity index (χ2v) is 5.50. The van der Waals surface area contributed by atoms with E-state index in [1.165, 1.54) is 18.9 Å². The van der Waals surface area contributed by atoms with Crippen LogP contribution < -0.4 is 11.1 Å². The second kappa shape index (κ2) is 11.2. The van der Waals surface area contributed by atoms with Crippen LogP contribution in [0.15, 0.2) is 0 Å². The van der Waals surface area contributed by atoms with E-state index in [1.54, 1.807) is 0 Å². The van der Waals surface area contributed by atoms with Crippen LogP contribution >= 0.6 is 24.2 Å². The van der Waals surface area contributed by atoms with E-state index in [2.05, 4.69) is 10.1 Å². The maximum atomic E-state index is 11.8. The van der Waals surface area contributed by atoms with Crippen LogP contribution in [0.1, 0.15) is 12.8 Å². The maximum absolute atomic E-state index is 11.8.